The van der Waals surface area contributed by atoms with Gasteiger partial charge >= 0.3 is 0 Å². The van der Waals surface area contributed by atoms with Crippen LogP contribution in [0.25, 0.3) is 0 Å². The van der Waals surface area contributed by atoms with Crippen molar-refractivity contribution in [2.75, 3.05) is 19.5 Å². The Morgan fingerprint density at radius 2 is 2.24 bits per heavy atom. The summed E-state index contributed by atoms with van der Waals surface area (Å²) < 4.78 is 38.9. The Morgan fingerprint density at radius 3 is 2.81 bits per heavy atom. The molecule has 2 atom stereocenters. The molecule has 0 bridgehead atoms. The van der Waals surface area contributed by atoms with Gasteiger partial charge in [-0.25, -0.2) is 13.1 Å². The highest BCUT2D eigenvalue weighted by molar-refractivity contribution is 9.10. The molecule has 6 nitrogen and oxygen atoms in total. The summed E-state index contributed by atoms with van der Waals surface area (Å²) >= 11 is 3.25. The standard InChI is InChI=1S/C13H19BrN2O4S/c1-8(11-4-3-5-20-11)16-21(17,18)13-7-10(15)9(14)6-12(13)19-2/h6-8,11,16H,3-5,15H2,1-2H3. The fourth-order valence-corrected chi connectivity index (χ4v) is 4.08. The summed E-state index contributed by atoms with van der Waals surface area (Å²) in [5.74, 6) is 0.239. The van der Waals surface area contributed by atoms with Crippen molar-refractivity contribution in [2.24, 2.45) is 0 Å². The zero-order valence-electron chi connectivity index (χ0n) is 11.9. The summed E-state index contributed by atoms with van der Waals surface area (Å²) in [7, 11) is -2.32. The van der Waals surface area contributed by atoms with E-state index in [0.717, 1.165) is 12.8 Å². The number of nitrogen functional groups attached to an aromatic ring is 1. The first kappa shape index (κ1) is 16.5. The van der Waals surface area contributed by atoms with E-state index >= 15 is 0 Å². The lowest BCUT2D eigenvalue weighted by molar-refractivity contribution is 0.0902. The van der Waals surface area contributed by atoms with Crippen LogP contribution in [-0.2, 0) is 14.8 Å². The Balaban J connectivity index is 2.28. The lowest BCUT2D eigenvalue weighted by Gasteiger charge is -2.21. The van der Waals surface area contributed by atoms with Crippen LogP contribution >= 0.6 is 15.9 Å². The lowest BCUT2D eigenvalue weighted by Crippen LogP contribution is -2.40. The topological polar surface area (TPSA) is 90.7 Å². The predicted octanol–water partition coefficient (Wildman–Crippen LogP) is 1.89. The number of nitrogens with one attached hydrogen (secondary N) is 1. The van der Waals surface area contributed by atoms with Crippen molar-refractivity contribution < 1.29 is 17.9 Å². The highest BCUT2D eigenvalue weighted by Crippen LogP contribution is 2.32. The van der Waals surface area contributed by atoms with Crippen LogP contribution in [0.2, 0.25) is 0 Å². The number of ether oxygens (including phenoxy) is 2. The molecule has 1 heterocycles. The molecular formula is C13H19BrN2O4S. The van der Waals surface area contributed by atoms with Gasteiger partial charge in [0.05, 0.1) is 13.2 Å². The molecule has 1 saturated heterocycles. The number of sulfonamides is 1. The minimum absolute atomic E-state index is 0.0237. The molecule has 1 aromatic carbocycles. The number of hydrogen-bond donors (Lipinski definition) is 2. The van der Waals surface area contributed by atoms with Crippen molar-refractivity contribution in [2.45, 2.75) is 36.8 Å². The first-order valence-corrected chi connectivity index (χ1v) is 8.89. The lowest BCUT2D eigenvalue weighted by atomic mass is 10.1. The van der Waals surface area contributed by atoms with Crippen LogP contribution in [0, 0.1) is 0 Å². The molecule has 0 saturated carbocycles. The Labute approximate surface area is 133 Å². The summed E-state index contributed by atoms with van der Waals surface area (Å²) in [5, 5.41) is 0. The molecule has 1 aliphatic heterocycles. The molecule has 0 aliphatic carbocycles. The highest BCUT2D eigenvalue weighted by Gasteiger charge is 2.29. The normalized spacial score (nSPS) is 20.4. The number of benzene rings is 1. The number of halogens is 1. The summed E-state index contributed by atoms with van der Waals surface area (Å²) in [6.07, 6.45) is 1.70. The Kier molecular flexibility index (Phi) is 5.13. The van der Waals surface area contributed by atoms with Gasteiger partial charge in [0.2, 0.25) is 10.0 Å². The molecule has 0 aromatic heterocycles. The van der Waals surface area contributed by atoms with Gasteiger partial charge in [0.15, 0.2) is 0 Å². The van der Waals surface area contributed by atoms with Gasteiger partial charge in [-0.15, -0.1) is 0 Å². The van der Waals surface area contributed by atoms with Crippen molar-refractivity contribution in [1.29, 1.82) is 0 Å². The molecule has 21 heavy (non-hydrogen) atoms. The monoisotopic (exact) mass is 378 g/mol. The van der Waals surface area contributed by atoms with E-state index in [0.29, 0.717) is 16.8 Å². The highest BCUT2D eigenvalue weighted by atomic mass is 79.9. The van der Waals surface area contributed by atoms with Crippen LogP contribution in [-0.4, -0.2) is 34.3 Å². The molecular weight excluding hydrogens is 360 g/mol. The van der Waals surface area contributed by atoms with E-state index < -0.39 is 10.0 Å². The van der Waals surface area contributed by atoms with Crippen LogP contribution in [0.3, 0.4) is 0 Å². The zero-order valence-corrected chi connectivity index (χ0v) is 14.3. The van der Waals surface area contributed by atoms with Crippen molar-refractivity contribution >= 4 is 31.6 Å². The number of methoxy groups -OCH3 is 1. The van der Waals surface area contributed by atoms with Crippen LogP contribution in [0.1, 0.15) is 19.8 Å². The molecule has 0 radical (unpaired) electrons. The summed E-state index contributed by atoms with van der Waals surface area (Å²) in [5.41, 5.74) is 6.11. The van der Waals surface area contributed by atoms with Crippen LogP contribution in [0.5, 0.6) is 5.75 Å². The fourth-order valence-electron chi connectivity index (χ4n) is 2.30. The van der Waals surface area contributed by atoms with Crippen molar-refractivity contribution in [3.8, 4) is 5.75 Å². The Morgan fingerprint density at radius 1 is 1.52 bits per heavy atom. The van der Waals surface area contributed by atoms with Gasteiger partial charge < -0.3 is 15.2 Å². The van der Waals surface area contributed by atoms with Gasteiger partial charge in [-0.05, 0) is 47.8 Å². The third kappa shape index (κ3) is 3.68. The molecule has 8 heteroatoms. The predicted molar refractivity (Wildman–Crippen MR) is 83.9 cm³/mol. The third-order valence-corrected chi connectivity index (χ3v) is 5.70. The van der Waals surface area contributed by atoms with Gasteiger partial charge in [-0.2, -0.15) is 0 Å². The second-order valence-electron chi connectivity index (χ2n) is 4.99. The van der Waals surface area contributed by atoms with E-state index in [4.69, 9.17) is 15.2 Å². The molecule has 1 fully saturated rings. The van der Waals surface area contributed by atoms with Gasteiger partial charge in [-0.1, -0.05) is 0 Å². The molecule has 118 valence electrons. The minimum atomic E-state index is -3.73. The van der Waals surface area contributed by atoms with Crippen molar-refractivity contribution in [3.05, 3.63) is 16.6 Å². The molecule has 1 aromatic rings. The quantitative estimate of drug-likeness (QED) is 0.763. The van der Waals surface area contributed by atoms with E-state index in [1.807, 2.05) is 0 Å². The summed E-state index contributed by atoms with van der Waals surface area (Å²) in [6, 6.07) is 2.61. The number of rotatable bonds is 5. The maximum Gasteiger partial charge on any atom is 0.244 e. The van der Waals surface area contributed by atoms with E-state index in [-0.39, 0.29) is 22.8 Å². The second kappa shape index (κ2) is 6.51. The molecule has 3 N–H and O–H groups in total. The summed E-state index contributed by atoms with van der Waals surface area (Å²) in [4.78, 5) is 0.0237. The fraction of sp³-hybridized carbons (Fsp3) is 0.538. The minimum Gasteiger partial charge on any atom is -0.495 e. The van der Waals surface area contributed by atoms with E-state index in [1.54, 1.807) is 13.0 Å². The summed E-state index contributed by atoms with van der Waals surface area (Å²) in [6.45, 7) is 2.47. The maximum atomic E-state index is 12.5. The smallest absolute Gasteiger partial charge is 0.244 e. The van der Waals surface area contributed by atoms with Gasteiger partial charge in [0.1, 0.15) is 10.6 Å². The number of nitrogens with two attached hydrogens (primary N) is 1. The molecule has 2 rings (SSSR count). The molecule has 0 spiro atoms. The molecule has 2 unspecified atom stereocenters. The van der Waals surface area contributed by atoms with Gasteiger partial charge in [-0.3, -0.25) is 0 Å². The van der Waals surface area contributed by atoms with Crippen LogP contribution in [0.15, 0.2) is 21.5 Å². The second-order valence-corrected chi connectivity index (χ2v) is 7.52. The van der Waals surface area contributed by atoms with Crippen molar-refractivity contribution in [1.82, 2.24) is 4.72 Å². The maximum absolute atomic E-state index is 12.5. The third-order valence-electron chi connectivity index (χ3n) is 3.44. The Bertz CT molecular complexity index is 615. The first-order chi connectivity index (χ1) is 9.85. The molecule has 1 aliphatic rings. The number of anilines is 1. The average Bonchev–Trinajstić information content (AvgIpc) is 2.94. The van der Waals surface area contributed by atoms with E-state index in [9.17, 15) is 8.42 Å². The largest absolute Gasteiger partial charge is 0.495 e. The van der Waals surface area contributed by atoms with Crippen LogP contribution < -0.4 is 15.2 Å². The number of hydrogen-bond acceptors (Lipinski definition) is 5. The van der Waals surface area contributed by atoms with E-state index in [2.05, 4.69) is 20.7 Å². The van der Waals surface area contributed by atoms with Crippen LogP contribution in [0.4, 0.5) is 5.69 Å². The Hall–Kier alpha value is -0.830. The van der Waals surface area contributed by atoms with E-state index in [1.165, 1.54) is 13.2 Å². The van der Waals surface area contributed by atoms with Gasteiger partial charge in [0, 0.05) is 22.8 Å². The average molecular weight is 379 g/mol. The molecule has 0 amide bonds. The SMILES string of the molecule is COc1cc(Br)c(N)cc1S(=O)(=O)NC(C)C1CCCO1. The van der Waals surface area contributed by atoms with Gasteiger partial charge in [0.25, 0.3) is 0 Å². The first-order valence-electron chi connectivity index (χ1n) is 6.62. The zero-order chi connectivity index (χ0) is 15.6. The van der Waals surface area contributed by atoms with Crippen molar-refractivity contribution in [3.63, 3.8) is 0 Å².